The molecule has 2 heterocycles. The Morgan fingerprint density at radius 3 is 3.15 bits per heavy atom. The molecule has 0 bridgehead atoms. The van der Waals surface area contributed by atoms with Crippen LogP contribution < -0.4 is 10.6 Å². The van der Waals surface area contributed by atoms with Crippen LogP contribution in [0.2, 0.25) is 0 Å². The molecule has 1 aromatic rings. The van der Waals surface area contributed by atoms with Crippen LogP contribution in [0.1, 0.15) is 33.1 Å². The van der Waals surface area contributed by atoms with Gasteiger partial charge < -0.3 is 15.4 Å². The van der Waals surface area contributed by atoms with Crippen molar-refractivity contribution in [3.8, 4) is 0 Å². The third kappa shape index (κ3) is 4.94. The summed E-state index contributed by atoms with van der Waals surface area (Å²) in [5.74, 6) is 0.00909. The number of hydrogen-bond donors (Lipinski definition) is 2. The summed E-state index contributed by atoms with van der Waals surface area (Å²) in [7, 11) is 0. The molecular formula is C14H24N4O2. The third-order valence-electron chi connectivity index (χ3n) is 3.24. The van der Waals surface area contributed by atoms with E-state index in [0.717, 1.165) is 31.7 Å². The summed E-state index contributed by atoms with van der Waals surface area (Å²) < 4.78 is 7.40. The lowest BCUT2D eigenvalue weighted by molar-refractivity contribution is -0.116. The first-order valence-electron chi connectivity index (χ1n) is 7.31. The van der Waals surface area contributed by atoms with E-state index >= 15 is 0 Å². The van der Waals surface area contributed by atoms with Gasteiger partial charge in [0.25, 0.3) is 0 Å². The van der Waals surface area contributed by atoms with Gasteiger partial charge in [0.15, 0.2) is 0 Å². The van der Waals surface area contributed by atoms with Gasteiger partial charge in [0.2, 0.25) is 5.91 Å². The second-order valence-electron chi connectivity index (χ2n) is 5.49. The maximum absolute atomic E-state index is 11.7. The van der Waals surface area contributed by atoms with Gasteiger partial charge in [0, 0.05) is 31.8 Å². The van der Waals surface area contributed by atoms with Crippen LogP contribution in [-0.2, 0) is 16.1 Å². The van der Waals surface area contributed by atoms with Gasteiger partial charge in [-0.2, -0.15) is 5.10 Å². The number of rotatable bonds is 7. The van der Waals surface area contributed by atoms with Crippen LogP contribution >= 0.6 is 0 Å². The van der Waals surface area contributed by atoms with E-state index in [-0.39, 0.29) is 12.0 Å². The minimum Gasteiger partial charge on any atom is -0.376 e. The van der Waals surface area contributed by atoms with Gasteiger partial charge in [-0.3, -0.25) is 9.48 Å². The number of ether oxygens (including phenoxy) is 1. The summed E-state index contributed by atoms with van der Waals surface area (Å²) in [6, 6.07) is 0.400. The standard InChI is InChI=1S/C14H24N4O2/c1-11(2)15-6-5-14(19)17-12-8-16-18(9-12)10-13-4-3-7-20-13/h8-9,11,13,15H,3-7,10H2,1-2H3,(H,17,19). The number of nitrogens with zero attached hydrogens (tertiary/aromatic N) is 2. The van der Waals surface area contributed by atoms with E-state index in [1.54, 1.807) is 6.20 Å². The van der Waals surface area contributed by atoms with Crippen molar-refractivity contribution >= 4 is 11.6 Å². The molecule has 0 spiro atoms. The molecule has 1 atom stereocenters. The molecule has 112 valence electrons. The van der Waals surface area contributed by atoms with Crippen molar-refractivity contribution in [2.75, 3.05) is 18.5 Å². The fourth-order valence-corrected chi connectivity index (χ4v) is 2.22. The Labute approximate surface area is 119 Å². The average molecular weight is 280 g/mol. The average Bonchev–Trinajstić information content (AvgIpc) is 3.01. The van der Waals surface area contributed by atoms with Crippen LogP contribution in [-0.4, -0.2) is 41.0 Å². The fourth-order valence-electron chi connectivity index (χ4n) is 2.22. The van der Waals surface area contributed by atoms with Gasteiger partial charge in [-0.25, -0.2) is 0 Å². The van der Waals surface area contributed by atoms with Crippen LogP contribution in [0.4, 0.5) is 5.69 Å². The van der Waals surface area contributed by atoms with Gasteiger partial charge >= 0.3 is 0 Å². The zero-order chi connectivity index (χ0) is 14.4. The van der Waals surface area contributed by atoms with Crippen LogP contribution in [0.25, 0.3) is 0 Å². The number of carbonyl (C=O) groups is 1. The summed E-state index contributed by atoms with van der Waals surface area (Å²) in [6.45, 7) is 6.41. The summed E-state index contributed by atoms with van der Waals surface area (Å²) in [5.41, 5.74) is 0.748. The van der Waals surface area contributed by atoms with Crippen molar-refractivity contribution in [2.45, 2.75) is 51.8 Å². The van der Waals surface area contributed by atoms with E-state index < -0.39 is 0 Å². The van der Waals surface area contributed by atoms with E-state index in [1.807, 2.05) is 10.9 Å². The first-order valence-corrected chi connectivity index (χ1v) is 7.31. The van der Waals surface area contributed by atoms with E-state index in [4.69, 9.17) is 4.74 Å². The van der Waals surface area contributed by atoms with Crippen LogP contribution in [0.15, 0.2) is 12.4 Å². The second-order valence-corrected chi connectivity index (χ2v) is 5.49. The first kappa shape index (κ1) is 15.0. The summed E-state index contributed by atoms with van der Waals surface area (Å²) in [4.78, 5) is 11.7. The lowest BCUT2D eigenvalue weighted by Gasteiger charge is -2.08. The predicted molar refractivity (Wildman–Crippen MR) is 77.6 cm³/mol. The molecule has 1 aromatic heterocycles. The van der Waals surface area contributed by atoms with Crippen molar-refractivity contribution < 1.29 is 9.53 Å². The van der Waals surface area contributed by atoms with E-state index in [1.165, 1.54) is 0 Å². The molecular weight excluding hydrogens is 256 g/mol. The topological polar surface area (TPSA) is 68.2 Å². The Kier molecular flexibility index (Phi) is 5.55. The number of anilines is 1. The number of amides is 1. The van der Waals surface area contributed by atoms with Gasteiger partial charge in [-0.05, 0) is 12.8 Å². The molecule has 1 amide bonds. The zero-order valence-corrected chi connectivity index (χ0v) is 12.3. The van der Waals surface area contributed by atoms with Crippen LogP contribution in [0.3, 0.4) is 0 Å². The fraction of sp³-hybridized carbons (Fsp3) is 0.714. The second kappa shape index (κ2) is 7.40. The number of aromatic nitrogens is 2. The van der Waals surface area contributed by atoms with Gasteiger partial charge in [0.1, 0.15) is 0 Å². The molecule has 0 aromatic carbocycles. The third-order valence-corrected chi connectivity index (χ3v) is 3.24. The summed E-state index contributed by atoms with van der Waals surface area (Å²) in [6.07, 6.45) is 6.47. The van der Waals surface area contributed by atoms with Crippen molar-refractivity contribution in [1.29, 1.82) is 0 Å². The van der Waals surface area contributed by atoms with Gasteiger partial charge in [0.05, 0.1) is 24.5 Å². The minimum absolute atomic E-state index is 0.00909. The highest BCUT2D eigenvalue weighted by atomic mass is 16.5. The zero-order valence-electron chi connectivity index (χ0n) is 12.3. The molecule has 0 aliphatic carbocycles. The maximum atomic E-state index is 11.7. The van der Waals surface area contributed by atoms with Gasteiger partial charge in [-0.1, -0.05) is 13.8 Å². The lowest BCUT2D eigenvalue weighted by Crippen LogP contribution is -2.27. The Morgan fingerprint density at radius 1 is 1.60 bits per heavy atom. The van der Waals surface area contributed by atoms with E-state index in [2.05, 4.69) is 29.6 Å². The van der Waals surface area contributed by atoms with Gasteiger partial charge in [-0.15, -0.1) is 0 Å². The molecule has 1 aliphatic heterocycles. The number of hydrogen-bond acceptors (Lipinski definition) is 4. The Bertz CT molecular complexity index is 425. The predicted octanol–water partition coefficient (Wildman–Crippen LogP) is 1.39. The highest BCUT2D eigenvalue weighted by molar-refractivity contribution is 5.90. The Balaban J connectivity index is 1.72. The minimum atomic E-state index is 0.00909. The number of nitrogens with one attached hydrogen (secondary N) is 2. The highest BCUT2D eigenvalue weighted by Gasteiger charge is 2.16. The molecule has 6 heteroatoms. The van der Waals surface area contributed by atoms with Crippen molar-refractivity contribution in [3.63, 3.8) is 0 Å². The Morgan fingerprint density at radius 2 is 2.45 bits per heavy atom. The molecule has 0 radical (unpaired) electrons. The number of carbonyl (C=O) groups excluding carboxylic acids is 1. The van der Waals surface area contributed by atoms with Crippen molar-refractivity contribution in [3.05, 3.63) is 12.4 Å². The molecule has 2 N–H and O–H groups in total. The van der Waals surface area contributed by atoms with Crippen LogP contribution in [0, 0.1) is 0 Å². The molecule has 2 rings (SSSR count). The Hall–Kier alpha value is -1.40. The van der Waals surface area contributed by atoms with Crippen LogP contribution in [0.5, 0.6) is 0 Å². The van der Waals surface area contributed by atoms with E-state index in [9.17, 15) is 4.79 Å². The molecule has 1 aliphatic rings. The molecule has 20 heavy (non-hydrogen) atoms. The summed E-state index contributed by atoms with van der Waals surface area (Å²) in [5, 5.41) is 10.3. The lowest BCUT2D eigenvalue weighted by atomic mass is 10.2. The van der Waals surface area contributed by atoms with Crippen molar-refractivity contribution in [1.82, 2.24) is 15.1 Å². The smallest absolute Gasteiger partial charge is 0.225 e. The monoisotopic (exact) mass is 280 g/mol. The molecule has 1 unspecified atom stereocenters. The summed E-state index contributed by atoms with van der Waals surface area (Å²) >= 11 is 0. The van der Waals surface area contributed by atoms with E-state index in [0.29, 0.717) is 19.0 Å². The van der Waals surface area contributed by atoms with Crippen molar-refractivity contribution in [2.24, 2.45) is 0 Å². The normalized spacial score (nSPS) is 18.6. The maximum Gasteiger partial charge on any atom is 0.225 e. The molecule has 6 nitrogen and oxygen atoms in total. The first-order chi connectivity index (χ1) is 9.63. The quantitative estimate of drug-likeness (QED) is 0.792. The molecule has 1 saturated heterocycles. The molecule has 0 saturated carbocycles. The SMILES string of the molecule is CC(C)NCCC(=O)Nc1cnn(CC2CCCO2)c1. The molecule has 1 fully saturated rings. The largest absolute Gasteiger partial charge is 0.376 e. The highest BCUT2D eigenvalue weighted by Crippen LogP contribution is 2.14.